The molecule has 0 spiro atoms. The predicted octanol–water partition coefficient (Wildman–Crippen LogP) is 3.11. The number of rotatable bonds is 12. The molecule has 2 unspecified atom stereocenters. The van der Waals surface area contributed by atoms with Crippen molar-refractivity contribution in [1.82, 2.24) is 0 Å². The van der Waals surface area contributed by atoms with Crippen LogP contribution in [0.4, 0.5) is 0 Å². The zero-order valence-electron chi connectivity index (χ0n) is 15.5. The molecule has 0 radical (unpaired) electrons. The standard InChI is InChI=1S/C18H30O7/c1-11(2)9-13(17(21)22)5-7-15(19)25-16(20)8-6-14(18(23)24)10-12(3)4/h11-14H,5-10H2,1-4H3,(H,21,22)(H,23,24). The highest BCUT2D eigenvalue weighted by Gasteiger charge is 2.23. The predicted molar refractivity (Wildman–Crippen MR) is 90.7 cm³/mol. The summed E-state index contributed by atoms with van der Waals surface area (Å²) in [4.78, 5) is 45.6. The van der Waals surface area contributed by atoms with Gasteiger partial charge in [0.2, 0.25) is 0 Å². The second kappa shape index (κ2) is 11.6. The maximum Gasteiger partial charge on any atom is 0.313 e. The average Bonchev–Trinajstić information content (AvgIpc) is 2.46. The Hall–Kier alpha value is -1.92. The fourth-order valence-corrected chi connectivity index (χ4v) is 2.64. The molecule has 0 amide bonds. The molecule has 0 heterocycles. The van der Waals surface area contributed by atoms with Crippen molar-refractivity contribution < 1.29 is 34.1 Å². The molecule has 0 saturated carbocycles. The van der Waals surface area contributed by atoms with E-state index in [1.54, 1.807) is 0 Å². The van der Waals surface area contributed by atoms with Gasteiger partial charge in [0.1, 0.15) is 0 Å². The number of carboxylic acids is 2. The summed E-state index contributed by atoms with van der Waals surface area (Å²) in [6.45, 7) is 7.59. The molecular weight excluding hydrogens is 328 g/mol. The van der Waals surface area contributed by atoms with Gasteiger partial charge in [-0.1, -0.05) is 27.7 Å². The Morgan fingerprint density at radius 3 is 1.28 bits per heavy atom. The molecule has 7 nitrogen and oxygen atoms in total. The molecule has 144 valence electrons. The number of carbonyl (C=O) groups is 4. The summed E-state index contributed by atoms with van der Waals surface area (Å²) in [5, 5.41) is 18.2. The second-order valence-electron chi connectivity index (χ2n) is 7.25. The van der Waals surface area contributed by atoms with Crippen LogP contribution >= 0.6 is 0 Å². The highest BCUT2D eigenvalue weighted by Crippen LogP contribution is 2.19. The Bertz CT molecular complexity index is 426. The molecule has 0 aromatic heterocycles. The number of carboxylic acid groups (broad SMARTS) is 2. The molecule has 0 aliphatic rings. The van der Waals surface area contributed by atoms with Crippen LogP contribution in [0.2, 0.25) is 0 Å². The van der Waals surface area contributed by atoms with E-state index in [1.807, 2.05) is 27.7 Å². The summed E-state index contributed by atoms with van der Waals surface area (Å²) >= 11 is 0. The van der Waals surface area contributed by atoms with Crippen molar-refractivity contribution in [3.63, 3.8) is 0 Å². The van der Waals surface area contributed by atoms with E-state index in [2.05, 4.69) is 4.74 Å². The van der Waals surface area contributed by atoms with E-state index >= 15 is 0 Å². The molecule has 0 aromatic rings. The Morgan fingerprint density at radius 1 is 0.720 bits per heavy atom. The van der Waals surface area contributed by atoms with Gasteiger partial charge in [-0.25, -0.2) is 0 Å². The summed E-state index contributed by atoms with van der Waals surface area (Å²) in [7, 11) is 0. The summed E-state index contributed by atoms with van der Waals surface area (Å²) < 4.78 is 4.66. The lowest BCUT2D eigenvalue weighted by Gasteiger charge is -2.14. The van der Waals surface area contributed by atoms with Crippen molar-refractivity contribution in [1.29, 1.82) is 0 Å². The van der Waals surface area contributed by atoms with E-state index in [1.165, 1.54) is 0 Å². The van der Waals surface area contributed by atoms with Crippen molar-refractivity contribution in [2.75, 3.05) is 0 Å². The first-order chi connectivity index (χ1) is 11.5. The molecule has 0 bridgehead atoms. The van der Waals surface area contributed by atoms with E-state index in [4.69, 9.17) is 10.2 Å². The zero-order valence-corrected chi connectivity index (χ0v) is 15.5. The minimum atomic E-state index is -0.967. The highest BCUT2D eigenvalue weighted by molar-refractivity contribution is 5.86. The number of ether oxygens (including phenoxy) is 1. The Balaban J connectivity index is 4.30. The summed E-state index contributed by atoms with van der Waals surface area (Å²) in [6, 6.07) is 0. The molecule has 2 atom stereocenters. The number of hydrogen-bond donors (Lipinski definition) is 2. The molecule has 2 N–H and O–H groups in total. The van der Waals surface area contributed by atoms with E-state index in [0.29, 0.717) is 12.8 Å². The van der Waals surface area contributed by atoms with Crippen LogP contribution in [0.25, 0.3) is 0 Å². The normalized spacial score (nSPS) is 13.5. The highest BCUT2D eigenvalue weighted by atomic mass is 16.6. The molecule has 0 aliphatic heterocycles. The number of aliphatic carboxylic acids is 2. The van der Waals surface area contributed by atoms with Crippen molar-refractivity contribution >= 4 is 23.9 Å². The van der Waals surface area contributed by atoms with Gasteiger partial charge in [0.25, 0.3) is 0 Å². The van der Waals surface area contributed by atoms with Gasteiger partial charge in [-0.05, 0) is 37.5 Å². The molecule has 0 aliphatic carbocycles. The SMILES string of the molecule is CC(C)CC(CCC(=O)OC(=O)CCC(CC(C)C)C(=O)O)C(=O)O. The number of carbonyl (C=O) groups excluding carboxylic acids is 2. The average molecular weight is 358 g/mol. The first-order valence-electron chi connectivity index (χ1n) is 8.72. The van der Waals surface area contributed by atoms with Gasteiger partial charge in [-0.15, -0.1) is 0 Å². The maximum absolute atomic E-state index is 11.7. The minimum absolute atomic E-state index is 0.116. The molecule has 0 aromatic carbocycles. The lowest BCUT2D eigenvalue weighted by molar-refractivity contribution is -0.160. The lowest BCUT2D eigenvalue weighted by atomic mass is 9.93. The largest absolute Gasteiger partial charge is 0.481 e. The summed E-state index contributed by atoms with van der Waals surface area (Å²) in [6.07, 6.45) is 0.834. The third kappa shape index (κ3) is 11.3. The summed E-state index contributed by atoms with van der Waals surface area (Å²) in [5.74, 6) is -4.39. The Kier molecular flexibility index (Phi) is 10.7. The van der Waals surface area contributed by atoms with E-state index < -0.39 is 35.7 Å². The van der Waals surface area contributed by atoms with Gasteiger partial charge in [-0.2, -0.15) is 0 Å². The number of esters is 2. The van der Waals surface area contributed by atoms with Gasteiger partial charge in [0, 0.05) is 12.8 Å². The Labute approximate surface area is 148 Å². The molecule has 0 rings (SSSR count). The van der Waals surface area contributed by atoms with E-state index in [9.17, 15) is 19.2 Å². The van der Waals surface area contributed by atoms with Crippen molar-refractivity contribution in [3.8, 4) is 0 Å². The van der Waals surface area contributed by atoms with Crippen LogP contribution in [0, 0.1) is 23.7 Å². The minimum Gasteiger partial charge on any atom is -0.481 e. The van der Waals surface area contributed by atoms with Crippen molar-refractivity contribution in [2.45, 2.75) is 66.2 Å². The molecular formula is C18H30O7. The summed E-state index contributed by atoms with van der Waals surface area (Å²) in [5.41, 5.74) is 0. The van der Waals surface area contributed by atoms with Gasteiger partial charge in [-0.3, -0.25) is 19.2 Å². The zero-order chi connectivity index (χ0) is 19.6. The van der Waals surface area contributed by atoms with Gasteiger partial charge in [0.05, 0.1) is 11.8 Å². The van der Waals surface area contributed by atoms with Crippen molar-refractivity contribution in [3.05, 3.63) is 0 Å². The molecule has 0 fully saturated rings. The quantitative estimate of drug-likeness (QED) is 0.406. The van der Waals surface area contributed by atoms with E-state index in [-0.39, 0.29) is 37.5 Å². The Morgan fingerprint density at radius 2 is 1.04 bits per heavy atom. The second-order valence-corrected chi connectivity index (χ2v) is 7.25. The topological polar surface area (TPSA) is 118 Å². The fraction of sp³-hybridized carbons (Fsp3) is 0.778. The van der Waals surface area contributed by atoms with Crippen LogP contribution in [-0.4, -0.2) is 34.1 Å². The molecule has 0 saturated heterocycles. The fourth-order valence-electron chi connectivity index (χ4n) is 2.64. The van der Waals surface area contributed by atoms with Crippen LogP contribution in [0.1, 0.15) is 66.2 Å². The van der Waals surface area contributed by atoms with Crippen LogP contribution < -0.4 is 0 Å². The third-order valence-corrected chi connectivity index (χ3v) is 3.83. The van der Waals surface area contributed by atoms with Gasteiger partial charge in [0.15, 0.2) is 0 Å². The van der Waals surface area contributed by atoms with E-state index in [0.717, 1.165) is 0 Å². The van der Waals surface area contributed by atoms with Crippen molar-refractivity contribution in [2.24, 2.45) is 23.7 Å². The molecule has 25 heavy (non-hydrogen) atoms. The van der Waals surface area contributed by atoms with Crippen LogP contribution in [0.3, 0.4) is 0 Å². The van der Waals surface area contributed by atoms with Crippen LogP contribution in [0.5, 0.6) is 0 Å². The third-order valence-electron chi connectivity index (χ3n) is 3.83. The van der Waals surface area contributed by atoms with Crippen LogP contribution in [0.15, 0.2) is 0 Å². The smallest absolute Gasteiger partial charge is 0.313 e. The molecule has 7 heteroatoms. The first kappa shape index (κ1) is 23.1. The van der Waals surface area contributed by atoms with Gasteiger partial charge >= 0.3 is 23.9 Å². The monoisotopic (exact) mass is 358 g/mol. The maximum atomic E-state index is 11.7. The lowest BCUT2D eigenvalue weighted by Crippen LogP contribution is -2.21. The van der Waals surface area contributed by atoms with Gasteiger partial charge < -0.3 is 14.9 Å². The number of hydrogen-bond acceptors (Lipinski definition) is 5. The van der Waals surface area contributed by atoms with Crippen LogP contribution in [-0.2, 0) is 23.9 Å². The first-order valence-corrected chi connectivity index (χ1v) is 8.72.